The van der Waals surface area contributed by atoms with Gasteiger partial charge in [0.2, 0.25) is 15.9 Å². The minimum Gasteiger partial charge on any atom is -0.475 e. The molecule has 1 aliphatic rings. The summed E-state index contributed by atoms with van der Waals surface area (Å²) in [5.41, 5.74) is 5.29. The van der Waals surface area contributed by atoms with E-state index in [-0.39, 0.29) is 23.1 Å². The fourth-order valence-corrected chi connectivity index (χ4v) is 6.42. The predicted octanol–water partition coefficient (Wildman–Crippen LogP) is 6.04. The number of sulfonamides is 1. The van der Waals surface area contributed by atoms with Gasteiger partial charge in [-0.25, -0.2) is 18.4 Å². The molecule has 10 nitrogen and oxygen atoms in total. The Kier molecular flexibility index (Phi) is 14.7. The highest BCUT2D eigenvalue weighted by atomic mass is 79.9. The second kappa shape index (κ2) is 19.0. The number of carboxylic acid groups (broad SMARTS) is 1. The molecule has 15 heteroatoms. The Morgan fingerprint density at radius 2 is 1.43 bits per heavy atom. The number of aliphatic carboxylic acids is 1. The molecule has 0 unspecified atom stereocenters. The lowest BCUT2D eigenvalue weighted by molar-refractivity contribution is -0.192. The Morgan fingerprint density at radius 3 is 2.04 bits per heavy atom. The molecule has 0 aliphatic carbocycles. The predicted molar refractivity (Wildman–Crippen MR) is 198 cm³/mol. The van der Waals surface area contributed by atoms with Crippen LogP contribution in [0.15, 0.2) is 106 Å². The van der Waals surface area contributed by atoms with Crippen LogP contribution in [0.3, 0.4) is 0 Å². The summed E-state index contributed by atoms with van der Waals surface area (Å²) < 4.78 is 56.0. The Balaban J connectivity index is 0.000000815. The maximum atomic E-state index is 13.6. The van der Waals surface area contributed by atoms with Gasteiger partial charge in [-0.05, 0) is 103 Å². The normalized spacial score (nSPS) is 13.2. The van der Waals surface area contributed by atoms with E-state index in [9.17, 15) is 31.2 Å². The van der Waals surface area contributed by atoms with E-state index in [1.54, 1.807) is 12.1 Å². The topological polar surface area (TPSA) is 150 Å². The summed E-state index contributed by atoms with van der Waals surface area (Å²) in [7, 11) is -3.78. The van der Waals surface area contributed by atoms with Crippen molar-refractivity contribution in [3.05, 3.63) is 124 Å². The molecule has 282 valence electrons. The fraction of sp³-hybridized carbons (Fsp3) is 0.289. The summed E-state index contributed by atoms with van der Waals surface area (Å²) in [5.74, 6) is -2.85. The summed E-state index contributed by atoms with van der Waals surface area (Å²) >= 11 is 3.45. The number of hydrogen-bond acceptors (Lipinski definition) is 6. The largest absolute Gasteiger partial charge is 0.490 e. The summed E-state index contributed by atoms with van der Waals surface area (Å²) in [6.07, 6.45) is -1.83. The third kappa shape index (κ3) is 13.4. The molecule has 2 amide bonds. The zero-order chi connectivity index (χ0) is 38.6. The van der Waals surface area contributed by atoms with Gasteiger partial charge in [0.1, 0.15) is 0 Å². The van der Waals surface area contributed by atoms with Gasteiger partial charge in [0.25, 0.3) is 5.91 Å². The number of carbonyl (C=O) groups excluding carboxylic acids is 2. The van der Waals surface area contributed by atoms with Gasteiger partial charge in [0.15, 0.2) is 0 Å². The van der Waals surface area contributed by atoms with Crippen molar-refractivity contribution < 1.29 is 41.1 Å². The second-order valence-corrected chi connectivity index (χ2v) is 14.9. The van der Waals surface area contributed by atoms with Crippen molar-refractivity contribution in [3.63, 3.8) is 0 Å². The van der Waals surface area contributed by atoms with Gasteiger partial charge in [0, 0.05) is 36.2 Å². The number of benzene rings is 4. The number of nitrogens with one attached hydrogen (secondary N) is 1. The van der Waals surface area contributed by atoms with E-state index >= 15 is 0 Å². The number of likely N-dealkylation sites (tertiary alicyclic amines) is 1. The van der Waals surface area contributed by atoms with E-state index in [1.807, 2.05) is 71.6 Å². The number of nitrogens with zero attached hydrogens (tertiary/aromatic N) is 2. The highest BCUT2D eigenvalue weighted by Crippen LogP contribution is 2.23. The van der Waals surface area contributed by atoms with Crippen LogP contribution in [0.5, 0.6) is 0 Å². The average molecular weight is 818 g/mol. The van der Waals surface area contributed by atoms with E-state index in [4.69, 9.17) is 15.0 Å². The fourth-order valence-electron chi connectivity index (χ4n) is 5.64. The number of carboxylic acids is 1. The Morgan fingerprint density at radius 1 is 0.849 bits per heavy atom. The maximum Gasteiger partial charge on any atom is 0.490 e. The van der Waals surface area contributed by atoms with Gasteiger partial charge >= 0.3 is 12.1 Å². The SMILES string of the molecule is NS(=O)(=O)c1ccc(CCN(Cc2cccc(-c3cccc(C(=O)NCCN4CCCC4)c3)c2)C(=O)Cc2ccc(Br)cc2)cc1.O=C(O)C(F)(F)F. The Bertz CT molecular complexity index is 1970. The number of carbonyl (C=O) groups is 3. The monoisotopic (exact) mass is 816 g/mol. The van der Waals surface area contributed by atoms with Crippen LogP contribution in [0.25, 0.3) is 11.1 Å². The van der Waals surface area contributed by atoms with E-state index < -0.39 is 22.2 Å². The van der Waals surface area contributed by atoms with Crippen LogP contribution in [0.1, 0.15) is 39.9 Å². The second-order valence-electron chi connectivity index (χ2n) is 12.4. The number of hydrogen-bond donors (Lipinski definition) is 3. The lowest BCUT2D eigenvalue weighted by atomic mass is 10.0. The zero-order valence-corrected chi connectivity index (χ0v) is 31.1. The molecule has 5 rings (SSSR count). The number of rotatable bonds is 13. The first kappa shape index (κ1) is 41.2. The third-order valence-electron chi connectivity index (χ3n) is 8.46. The van der Waals surface area contributed by atoms with E-state index in [2.05, 4.69) is 32.2 Å². The molecule has 4 aromatic carbocycles. The molecule has 0 bridgehead atoms. The Labute approximate surface area is 315 Å². The lowest BCUT2D eigenvalue weighted by Crippen LogP contribution is -2.33. The van der Waals surface area contributed by atoms with Crippen LogP contribution in [0, 0.1) is 0 Å². The van der Waals surface area contributed by atoms with Crippen LogP contribution >= 0.6 is 15.9 Å². The highest BCUT2D eigenvalue weighted by molar-refractivity contribution is 9.10. The van der Waals surface area contributed by atoms with Crippen molar-refractivity contribution >= 4 is 43.7 Å². The standard InChI is InChI=1S/C36H39BrN4O4S.C2HF3O2/c37-33-13-9-28(10-14-33)24-35(42)41(21-17-27-11-15-34(16-12-27)46(38,44)45)26-29-5-3-6-30(23-29)31-7-4-8-32(25-31)36(43)39-18-22-40-19-1-2-20-40;3-2(4,5)1(6)7/h3-16,23,25H,1-2,17-22,24,26H2,(H,39,43)(H2,38,44,45);(H,6,7). The summed E-state index contributed by atoms with van der Waals surface area (Å²) in [6.45, 7) is 4.54. The molecule has 0 aromatic heterocycles. The first-order chi connectivity index (χ1) is 25.1. The molecule has 53 heavy (non-hydrogen) atoms. The van der Waals surface area contributed by atoms with Crippen LogP contribution in [0.4, 0.5) is 13.2 Å². The van der Waals surface area contributed by atoms with E-state index in [1.165, 1.54) is 25.0 Å². The van der Waals surface area contributed by atoms with Crippen LogP contribution in [0.2, 0.25) is 0 Å². The van der Waals surface area contributed by atoms with Gasteiger partial charge in [-0.3, -0.25) is 9.59 Å². The van der Waals surface area contributed by atoms with Gasteiger partial charge in [-0.15, -0.1) is 0 Å². The van der Waals surface area contributed by atoms with Gasteiger partial charge in [0.05, 0.1) is 11.3 Å². The summed E-state index contributed by atoms with van der Waals surface area (Å²) in [4.78, 5) is 39.7. The molecule has 0 atom stereocenters. The van der Waals surface area contributed by atoms with Crippen LogP contribution in [-0.4, -0.2) is 80.0 Å². The maximum absolute atomic E-state index is 13.6. The van der Waals surface area contributed by atoms with Gasteiger partial charge in [-0.1, -0.05) is 70.5 Å². The van der Waals surface area contributed by atoms with Crippen molar-refractivity contribution in [1.82, 2.24) is 15.1 Å². The number of halogens is 4. The molecule has 1 aliphatic heterocycles. The number of nitrogens with two attached hydrogens (primary N) is 1. The first-order valence-electron chi connectivity index (χ1n) is 16.7. The molecular weight excluding hydrogens is 777 g/mol. The number of primary sulfonamides is 1. The minimum atomic E-state index is -5.08. The van der Waals surface area contributed by atoms with Crippen LogP contribution < -0.4 is 10.5 Å². The van der Waals surface area contributed by atoms with Crippen molar-refractivity contribution in [3.8, 4) is 11.1 Å². The highest BCUT2D eigenvalue weighted by Gasteiger charge is 2.38. The van der Waals surface area contributed by atoms with Gasteiger partial charge < -0.3 is 20.2 Å². The van der Waals surface area contributed by atoms with Crippen LogP contribution in [-0.2, 0) is 39.0 Å². The molecule has 4 aromatic rings. The summed E-state index contributed by atoms with van der Waals surface area (Å²) in [5, 5.41) is 15.4. The Hall–Kier alpha value is -4.57. The first-order valence-corrected chi connectivity index (χ1v) is 19.1. The van der Waals surface area contributed by atoms with Crippen molar-refractivity contribution in [2.24, 2.45) is 5.14 Å². The van der Waals surface area contributed by atoms with Crippen molar-refractivity contribution in [1.29, 1.82) is 0 Å². The minimum absolute atomic E-state index is 0.0125. The number of amides is 2. The quantitative estimate of drug-likeness (QED) is 0.149. The number of alkyl halides is 3. The molecule has 1 fully saturated rings. The molecule has 1 saturated heterocycles. The molecular formula is C38H40BrF3N4O6S. The smallest absolute Gasteiger partial charge is 0.475 e. The molecule has 4 N–H and O–H groups in total. The third-order valence-corrected chi connectivity index (χ3v) is 9.91. The molecule has 0 radical (unpaired) electrons. The van der Waals surface area contributed by atoms with Crippen molar-refractivity contribution in [2.45, 2.75) is 43.3 Å². The van der Waals surface area contributed by atoms with Crippen molar-refractivity contribution in [2.75, 3.05) is 32.7 Å². The zero-order valence-electron chi connectivity index (χ0n) is 28.7. The van der Waals surface area contributed by atoms with Gasteiger partial charge in [-0.2, -0.15) is 13.2 Å². The summed E-state index contributed by atoms with van der Waals surface area (Å²) in [6, 6.07) is 29.8. The molecule has 0 saturated carbocycles. The molecule has 0 spiro atoms. The van der Waals surface area contributed by atoms with E-state index in [0.717, 1.165) is 51.9 Å². The average Bonchev–Trinajstić information content (AvgIpc) is 3.64. The van der Waals surface area contributed by atoms with E-state index in [0.29, 0.717) is 31.6 Å². The molecule has 1 heterocycles. The lowest BCUT2D eigenvalue weighted by Gasteiger charge is -2.24.